The van der Waals surface area contributed by atoms with E-state index in [1.165, 1.54) is 0 Å². The van der Waals surface area contributed by atoms with Crippen LogP contribution in [0.25, 0.3) is 5.65 Å². The van der Waals surface area contributed by atoms with Gasteiger partial charge in [-0.15, -0.1) is 12.4 Å². The van der Waals surface area contributed by atoms with E-state index in [9.17, 15) is 4.79 Å². The van der Waals surface area contributed by atoms with E-state index in [0.717, 1.165) is 11.4 Å². The molecule has 0 aliphatic rings. The largest absolute Gasteiger partial charge is 0.348 e. The molecule has 0 saturated carbocycles. The zero-order valence-electron chi connectivity index (χ0n) is 12.1. The van der Waals surface area contributed by atoms with Gasteiger partial charge in [0.25, 0.3) is 5.91 Å². The number of nitrogens with one attached hydrogen (secondary N) is 1. The molecular weight excluding hydrogens is 278 g/mol. The third kappa shape index (κ3) is 2.91. The predicted molar refractivity (Wildman–Crippen MR) is 80.4 cm³/mol. The summed E-state index contributed by atoms with van der Waals surface area (Å²) in [6.07, 6.45) is 0. The van der Waals surface area contributed by atoms with Gasteiger partial charge in [0.05, 0.1) is 5.69 Å². The van der Waals surface area contributed by atoms with Crippen LogP contribution in [-0.2, 0) is 0 Å². The maximum absolute atomic E-state index is 12.3. The Morgan fingerprint density at radius 1 is 1.45 bits per heavy atom. The van der Waals surface area contributed by atoms with Gasteiger partial charge in [0, 0.05) is 24.0 Å². The number of fused-ring (bicyclic) bond motifs is 1. The van der Waals surface area contributed by atoms with E-state index in [0.29, 0.717) is 23.4 Å². The van der Waals surface area contributed by atoms with Crippen molar-refractivity contribution in [3.63, 3.8) is 0 Å². The number of carbonyl (C=O) groups is 1. The van der Waals surface area contributed by atoms with Gasteiger partial charge in [0.1, 0.15) is 5.56 Å². The monoisotopic (exact) mass is 297 g/mol. The first-order valence-corrected chi connectivity index (χ1v) is 6.28. The van der Waals surface area contributed by atoms with E-state index in [2.05, 4.69) is 15.4 Å². The van der Waals surface area contributed by atoms with Gasteiger partial charge >= 0.3 is 0 Å². The third-order valence-electron chi connectivity index (χ3n) is 3.03. The van der Waals surface area contributed by atoms with Crippen LogP contribution in [-0.4, -0.2) is 33.1 Å². The first-order valence-electron chi connectivity index (χ1n) is 6.28. The van der Waals surface area contributed by atoms with Crippen molar-refractivity contribution in [2.75, 3.05) is 6.54 Å². The first kappa shape index (κ1) is 16.4. The summed E-state index contributed by atoms with van der Waals surface area (Å²) in [5, 5.41) is 7.22. The quantitative estimate of drug-likeness (QED) is 0.890. The number of amides is 1. The predicted octanol–water partition coefficient (Wildman–Crippen LogP) is 1.15. The van der Waals surface area contributed by atoms with Crippen LogP contribution in [0.15, 0.2) is 6.07 Å². The van der Waals surface area contributed by atoms with Gasteiger partial charge in [-0.05, 0) is 33.8 Å². The van der Waals surface area contributed by atoms with Gasteiger partial charge in [-0.1, -0.05) is 0 Å². The molecule has 2 aromatic rings. The molecule has 0 aliphatic carbocycles. The van der Waals surface area contributed by atoms with Crippen molar-refractivity contribution >= 4 is 24.0 Å². The fraction of sp³-hybridized carbons (Fsp3) is 0.462. The molecule has 0 bridgehead atoms. The van der Waals surface area contributed by atoms with Gasteiger partial charge in [0.2, 0.25) is 0 Å². The number of nitrogens with zero attached hydrogens (tertiary/aromatic N) is 3. The van der Waals surface area contributed by atoms with Crippen molar-refractivity contribution in [2.24, 2.45) is 5.73 Å². The smallest absolute Gasteiger partial charge is 0.257 e. The van der Waals surface area contributed by atoms with Crippen LogP contribution < -0.4 is 11.1 Å². The standard InChI is InChI=1S/C13H19N5O.ClH/c1-7-5-9(3)18-12(15-7)11(10(4)17-18)13(19)16-8(2)6-14;/h5,8H,6,14H2,1-4H3,(H,16,19);1H/t8-;/m0./s1. The highest BCUT2D eigenvalue weighted by atomic mass is 35.5. The molecule has 2 aromatic heterocycles. The molecule has 7 heteroatoms. The fourth-order valence-corrected chi connectivity index (χ4v) is 2.05. The minimum atomic E-state index is -0.178. The second kappa shape index (κ2) is 6.19. The SMILES string of the molecule is Cc1cc(C)n2nc(C)c(C(=O)N[C@@H](C)CN)c2n1.Cl. The highest BCUT2D eigenvalue weighted by Gasteiger charge is 2.20. The Labute approximate surface area is 124 Å². The number of nitrogens with two attached hydrogens (primary N) is 1. The Kier molecular flexibility index (Phi) is 5.08. The molecule has 2 heterocycles. The van der Waals surface area contributed by atoms with Crippen LogP contribution in [0.2, 0.25) is 0 Å². The van der Waals surface area contributed by atoms with Crippen LogP contribution in [0.4, 0.5) is 0 Å². The Morgan fingerprint density at radius 2 is 2.10 bits per heavy atom. The van der Waals surface area contributed by atoms with Gasteiger partial charge in [-0.2, -0.15) is 5.10 Å². The normalized spacial score (nSPS) is 12.1. The molecule has 2 rings (SSSR count). The Balaban J connectivity index is 0.00000200. The fourth-order valence-electron chi connectivity index (χ4n) is 2.05. The van der Waals surface area contributed by atoms with E-state index in [1.807, 2.05) is 33.8 Å². The molecule has 0 unspecified atom stereocenters. The maximum atomic E-state index is 12.3. The van der Waals surface area contributed by atoms with E-state index >= 15 is 0 Å². The van der Waals surface area contributed by atoms with E-state index in [1.54, 1.807) is 4.52 Å². The zero-order valence-corrected chi connectivity index (χ0v) is 12.9. The average molecular weight is 298 g/mol. The van der Waals surface area contributed by atoms with Gasteiger partial charge in [0.15, 0.2) is 5.65 Å². The molecule has 0 aliphatic heterocycles. The molecule has 1 atom stereocenters. The lowest BCUT2D eigenvalue weighted by Gasteiger charge is -2.10. The molecule has 110 valence electrons. The summed E-state index contributed by atoms with van der Waals surface area (Å²) in [6.45, 7) is 7.92. The molecule has 0 fully saturated rings. The topological polar surface area (TPSA) is 85.3 Å². The van der Waals surface area contributed by atoms with Gasteiger partial charge in [-0.25, -0.2) is 9.50 Å². The lowest BCUT2D eigenvalue weighted by Crippen LogP contribution is -2.38. The highest BCUT2D eigenvalue weighted by Crippen LogP contribution is 2.16. The maximum Gasteiger partial charge on any atom is 0.257 e. The number of hydrogen-bond acceptors (Lipinski definition) is 4. The molecule has 0 radical (unpaired) electrons. The van der Waals surface area contributed by atoms with Crippen LogP contribution in [0.5, 0.6) is 0 Å². The highest BCUT2D eigenvalue weighted by molar-refractivity contribution is 6.01. The minimum absolute atomic E-state index is 0. The van der Waals surface area contributed by atoms with Crippen LogP contribution in [0, 0.1) is 20.8 Å². The number of carbonyl (C=O) groups excluding carboxylic acids is 1. The number of rotatable bonds is 3. The van der Waals surface area contributed by atoms with Crippen LogP contribution in [0.3, 0.4) is 0 Å². The summed E-state index contributed by atoms with van der Waals surface area (Å²) in [4.78, 5) is 16.7. The van der Waals surface area contributed by atoms with E-state index < -0.39 is 0 Å². The summed E-state index contributed by atoms with van der Waals surface area (Å²) in [6, 6.07) is 1.86. The second-order valence-corrected chi connectivity index (χ2v) is 4.84. The van der Waals surface area contributed by atoms with E-state index in [4.69, 9.17) is 5.73 Å². The van der Waals surface area contributed by atoms with Crippen molar-refractivity contribution in [3.05, 3.63) is 28.7 Å². The van der Waals surface area contributed by atoms with Crippen molar-refractivity contribution in [1.29, 1.82) is 0 Å². The molecule has 0 spiro atoms. The van der Waals surface area contributed by atoms with Crippen LogP contribution >= 0.6 is 12.4 Å². The Morgan fingerprint density at radius 3 is 2.70 bits per heavy atom. The summed E-state index contributed by atoms with van der Waals surface area (Å²) in [5.41, 5.74) is 9.13. The summed E-state index contributed by atoms with van der Waals surface area (Å²) >= 11 is 0. The molecule has 0 saturated heterocycles. The van der Waals surface area contributed by atoms with Crippen LogP contribution in [0.1, 0.15) is 34.4 Å². The second-order valence-electron chi connectivity index (χ2n) is 4.84. The third-order valence-corrected chi connectivity index (χ3v) is 3.03. The Bertz CT molecular complexity index is 637. The molecule has 6 nitrogen and oxygen atoms in total. The molecular formula is C13H20ClN5O. The summed E-state index contributed by atoms with van der Waals surface area (Å²) in [5.74, 6) is -0.178. The average Bonchev–Trinajstić information content (AvgIpc) is 2.65. The first-order chi connectivity index (χ1) is 8.93. The lowest BCUT2D eigenvalue weighted by molar-refractivity contribution is 0.0942. The van der Waals surface area contributed by atoms with Crippen molar-refractivity contribution in [1.82, 2.24) is 19.9 Å². The van der Waals surface area contributed by atoms with Crippen molar-refractivity contribution in [2.45, 2.75) is 33.7 Å². The molecule has 20 heavy (non-hydrogen) atoms. The summed E-state index contributed by atoms with van der Waals surface area (Å²) in [7, 11) is 0. The van der Waals surface area contributed by atoms with E-state index in [-0.39, 0.29) is 24.4 Å². The molecule has 1 amide bonds. The number of aryl methyl sites for hydroxylation is 3. The number of aromatic nitrogens is 3. The van der Waals surface area contributed by atoms with Gasteiger partial charge < -0.3 is 11.1 Å². The van der Waals surface area contributed by atoms with Gasteiger partial charge in [-0.3, -0.25) is 4.79 Å². The zero-order chi connectivity index (χ0) is 14.2. The number of hydrogen-bond donors (Lipinski definition) is 2. The summed E-state index contributed by atoms with van der Waals surface area (Å²) < 4.78 is 1.70. The minimum Gasteiger partial charge on any atom is -0.348 e. The van der Waals surface area contributed by atoms with Crippen molar-refractivity contribution < 1.29 is 4.79 Å². The molecule has 0 aromatic carbocycles. The lowest BCUT2D eigenvalue weighted by atomic mass is 10.2. The molecule has 3 N–H and O–H groups in total. The number of halogens is 1. The van der Waals surface area contributed by atoms with Crippen molar-refractivity contribution in [3.8, 4) is 0 Å². The Hall–Kier alpha value is -1.66.